The maximum absolute atomic E-state index is 13.6. The Morgan fingerprint density at radius 3 is 1.74 bits per heavy atom. The Balaban J connectivity index is 1.03. The van der Waals surface area contributed by atoms with Crippen molar-refractivity contribution in [1.29, 1.82) is 0 Å². The van der Waals surface area contributed by atoms with Gasteiger partial charge in [-0.3, -0.25) is 14.6 Å². The molecule has 10 nitrogen and oxygen atoms in total. The van der Waals surface area contributed by atoms with Crippen LogP contribution in [0.3, 0.4) is 0 Å². The van der Waals surface area contributed by atoms with Gasteiger partial charge in [-0.15, -0.1) is 0 Å². The number of hydrogen-bond donors (Lipinski definition) is 1. The lowest BCUT2D eigenvalue weighted by Crippen LogP contribution is -2.35. The van der Waals surface area contributed by atoms with Crippen LogP contribution in [0, 0.1) is 25.7 Å². The molecule has 2 unspecified atom stereocenters. The van der Waals surface area contributed by atoms with Crippen molar-refractivity contribution in [2.75, 3.05) is 19.6 Å². The maximum Gasteiger partial charge on any atom is 0.387 e. The fraction of sp³-hybridized carbons (Fsp3) is 0.386. The molecule has 2 aliphatic heterocycles. The van der Waals surface area contributed by atoms with Gasteiger partial charge in [-0.25, -0.2) is 9.97 Å². The van der Waals surface area contributed by atoms with Crippen molar-refractivity contribution in [2.24, 2.45) is 11.8 Å². The minimum atomic E-state index is -3.09. The molecule has 4 aromatic carbocycles. The molecule has 2 saturated heterocycles. The summed E-state index contributed by atoms with van der Waals surface area (Å²) in [7, 11) is 0. The molecule has 4 heterocycles. The molecule has 0 spiro atoms. The molecule has 1 saturated carbocycles. The lowest BCUT2D eigenvalue weighted by Gasteiger charge is -2.22. The number of benzene rings is 4. The highest BCUT2D eigenvalue weighted by atomic mass is 19.3. The molecule has 3 aliphatic rings. The number of carboxylic acids is 1. The number of nitrogens with zero attached hydrogens (tertiary/aromatic N) is 4. The summed E-state index contributed by atoms with van der Waals surface area (Å²) in [6, 6.07) is 17.1. The van der Waals surface area contributed by atoms with Crippen molar-refractivity contribution in [2.45, 2.75) is 78.3 Å². The first-order valence-corrected chi connectivity index (χ1v) is 19.6. The first kappa shape index (κ1) is 38.1. The van der Waals surface area contributed by atoms with Crippen molar-refractivity contribution in [3.8, 4) is 45.5 Å². The van der Waals surface area contributed by atoms with Crippen LogP contribution in [0.25, 0.3) is 56.2 Å². The van der Waals surface area contributed by atoms with E-state index in [1.807, 2.05) is 50.2 Å². The number of aliphatic carboxylic acids is 1. The van der Waals surface area contributed by atoms with Gasteiger partial charge in [0.25, 0.3) is 0 Å². The van der Waals surface area contributed by atoms with Gasteiger partial charge >= 0.3 is 19.2 Å². The van der Waals surface area contributed by atoms with E-state index in [0.717, 1.165) is 40.9 Å². The van der Waals surface area contributed by atoms with Crippen LogP contribution in [0.4, 0.5) is 17.6 Å². The number of carboxylic acid groups (broad SMARTS) is 1. The highest BCUT2D eigenvalue weighted by Gasteiger charge is 2.36. The largest absolute Gasteiger partial charge is 0.480 e. The highest BCUT2D eigenvalue weighted by molar-refractivity contribution is 5.85. The van der Waals surface area contributed by atoms with Gasteiger partial charge in [0, 0.05) is 60.6 Å². The third-order valence-electron chi connectivity index (χ3n) is 12.2. The summed E-state index contributed by atoms with van der Waals surface area (Å²) in [5.74, 6) is 0.987. The quantitative estimate of drug-likeness (QED) is 0.120. The zero-order valence-corrected chi connectivity index (χ0v) is 32.0. The van der Waals surface area contributed by atoms with Gasteiger partial charge in [0.15, 0.2) is 11.2 Å². The predicted molar refractivity (Wildman–Crippen MR) is 208 cm³/mol. The Morgan fingerprint density at radius 1 is 0.741 bits per heavy atom. The summed E-state index contributed by atoms with van der Waals surface area (Å²) in [5, 5.41) is 9.68. The normalized spacial score (nSPS) is 20.0. The number of rotatable bonds is 12. The third kappa shape index (κ3) is 7.28. The molecule has 14 heteroatoms. The summed E-state index contributed by atoms with van der Waals surface area (Å²) in [5.41, 5.74) is 7.53. The minimum absolute atomic E-state index is 0.0896. The first-order chi connectivity index (χ1) is 28.0. The van der Waals surface area contributed by atoms with Crippen molar-refractivity contribution in [3.63, 3.8) is 0 Å². The SMILES string of the molecule is Cc1c(-c2nc3cc(CN4CC5CCCC5C4)c(OC(F)F)cc3o2)cccc1-c1cccc(-c2nc3cc(CN4CCC[C@H]4C(=O)O)c(OC(F)F)cc3o2)c1C. The van der Waals surface area contributed by atoms with Crippen LogP contribution >= 0.6 is 0 Å². The van der Waals surface area contributed by atoms with Crippen molar-refractivity contribution < 1.29 is 45.8 Å². The Kier molecular flexibility index (Phi) is 10.1. The van der Waals surface area contributed by atoms with Gasteiger partial charge in [0.05, 0.1) is 0 Å². The summed E-state index contributed by atoms with van der Waals surface area (Å²) in [4.78, 5) is 25.5. The van der Waals surface area contributed by atoms with Gasteiger partial charge in [-0.2, -0.15) is 17.6 Å². The van der Waals surface area contributed by atoms with Crippen LogP contribution in [-0.2, 0) is 17.9 Å². The zero-order valence-electron chi connectivity index (χ0n) is 32.0. The van der Waals surface area contributed by atoms with E-state index in [9.17, 15) is 27.5 Å². The highest BCUT2D eigenvalue weighted by Crippen LogP contribution is 2.42. The zero-order chi connectivity index (χ0) is 40.2. The average Bonchev–Trinajstić information content (AvgIpc) is 4.01. The summed E-state index contributed by atoms with van der Waals surface area (Å²) in [6.45, 7) is 0.863. The lowest BCUT2D eigenvalue weighted by atomic mass is 9.91. The fourth-order valence-electron chi connectivity index (χ4n) is 9.42. The van der Waals surface area contributed by atoms with Crippen LogP contribution in [0.5, 0.6) is 11.5 Å². The van der Waals surface area contributed by atoms with E-state index in [2.05, 4.69) is 4.90 Å². The van der Waals surface area contributed by atoms with Crippen LogP contribution in [0.1, 0.15) is 54.4 Å². The van der Waals surface area contributed by atoms with E-state index in [4.69, 9.17) is 28.3 Å². The van der Waals surface area contributed by atoms with E-state index >= 15 is 0 Å². The lowest BCUT2D eigenvalue weighted by molar-refractivity contribution is -0.142. The summed E-state index contributed by atoms with van der Waals surface area (Å²) < 4.78 is 76.5. The number of alkyl halides is 4. The molecule has 3 atom stereocenters. The number of aromatic nitrogens is 2. The maximum atomic E-state index is 13.6. The van der Waals surface area contributed by atoms with E-state index in [0.29, 0.717) is 77.0 Å². The molecule has 6 aromatic rings. The third-order valence-corrected chi connectivity index (χ3v) is 12.2. The van der Waals surface area contributed by atoms with Crippen molar-refractivity contribution in [1.82, 2.24) is 19.8 Å². The number of fused-ring (bicyclic) bond motifs is 3. The Hall–Kier alpha value is -5.47. The molecule has 58 heavy (non-hydrogen) atoms. The second kappa shape index (κ2) is 15.4. The molecule has 1 N–H and O–H groups in total. The topological polar surface area (TPSA) is 114 Å². The van der Waals surface area contributed by atoms with Crippen LogP contribution in [0.15, 0.2) is 69.5 Å². The number of carbonyl (C=O) groups is 1. The summed E-state index contributed by atoms with van der Waals surface area (Å²) in [6.07, 6.45) is 4.85. The van der Waals surface area contributed by atoms with Crippen LogP contribution in [0.2, 0.25) is 0 Å². The number of oxazole rings is 2. The van der Waals surface area contributed by atoms with Gasteiger partial charge in [0.2, 0.25) is 11.8 Å². The molecule has 2 aromatic heterocycles. The van der Waals surface area contributed by atoms with E-state index in [-0.39, 0.29) is 29.5 Å². The standard InChI is InChI=1S/C44H42F4N4O6/c1-23-29(9-4-11-31(23)40-49-33-15-27(36(57-43(45)46)17-38(33)55-40)21-51-19-25-7-3-8-26(25)20-51)30-10-5-12-32(24(30)2)41-50-34-16-28(22-52-14-6-13-35(52)42(53)54)37(58-44(47)48)18-39(34)56-41/h4-5,9-12,15-18,25-26,35,43-44H,3,6-8,13-14,19-22H2,1-2H3,(H,53,54)/t25?,26?,35-/m0/s1. The average molecular weight is 799 g/mol. The fourth-order valence-corrected chi connectivity index (χ4v) is 9.42. The van der Waals surface area contributed by atoms with E-state index in [1.165, 1.54) is 31.4 Å². The second-order valence-electron chi connectivity index (χ2n) is 15.7. The number of halogens is 4. The van der Waals surface area contributed by atoms with Crippen LogP contribution in [-0.4, -0.2) is 69.7 Å². The number of hydrogen-bond acceptors (Lipinski definition) is 9. The predicted octanol–water partition coefficient (Wildman–Crippen LogP) is 10.1. The Bertz CT molecular complexity index is 2510. The van der Waals surface area contributed by atoms with Crippen LogP contribution < -0.4 is 9.47 Å². The van der Waals surface area contributed by atoms with Crippen molar-refractivity contribution >= 4 is 28.2 Å². The van der Waals surface area contributed by atoms with Crippen molar-refractivity contribution in [3.05, 3.63) is 82.9 Å². The molecular formula is C44H42F4N4O6. The Morgan fingerprint density at radius 2 is 1.24 bits per heavy atom. The van der Waals surface area contributed by atoms with Gasteiger partial charge in [0.1, 0.15) is 28.6 Å². The van der Waals surface area contributed by atoms with E-state index < -0.39 is 25.2 Å². The molecule has 0 bridgehead atoms. The Labute approximate surface area is 331 Å². The molecule has 9 rings (SSSR count). The molecule has 0 amide bonds. The van der Waals surface area contributed by atoms with E-state index in [1.54, 1.807) is 17.0 Å². The van der Waals surface area contributed by atoms with Gasteiger partial charge < -0.3 is 23.4 Å². The molecule has 1 aliphatic carbocycles. The molecule has 3 fully saturated rings. The molecule has 302 valence electrons. The molecular weight excluding hydrogens is 756 g/mol. The smallest absolute Gasteiger partial charge is 0.387 e. The summed E-state index contributed by atoms with van der Waals surface area (Å²) >= 11 is 0. The van der Waals surface area contributed by atoms with Gasteiger partial charge in [-0.05, 0) is 104 Å². The monoisotopic (exact) mass is 798 g/mol. The second-order valence-corrected chi connectivity index (χ2v) is 15.7. The van der Waals surface area contributed by atoms with Gasteiger partial charge in [-0.1, -0.05) is 30.7 Å². The number of ether oxygens (including phenoxy) is 2. The minimum Gasteiger partial charge on any atom is -0.480 e. The first-order valence-electron chi connectivity index (χ1n) is 19.6. The number of likely N-dealkylation sites (tertiary alicyclic amines) is 2. The molecule has 0 radical (unpaired) electrons.